The van der Waals surface area contributed by atoms with E-state index < -0.39 is 24.4 Å². The SMILES string of the molecule is COc1ccc2c(c1)[C@]1(C[C@H]1c1ccc3c(Nc4nc(N5CC(F)(F)C5)ncc4OC)n[nH]c3c1)C(=O)N2. The molecule has 2 aromatic heterocycles. The van der Waals surface area contributed by atoms with Crippen molar-refractivity contribution < 1.29 is 23.0 Å². The van der Waals surface area contributed by atoms with E-state index in [4.69, 9.17) is 9.47 Å². The molecule has 0 radical (unpaired) electrons. The number of ether oxygens (including phenoxy) is 2. The first-order chi connectivity index (χ1) is 18.3. The highest BCUT2D eigenvalue weighted by atomic mass is 19.3. The van der Waals surface area contributed by atoms with Crippen LogP contribution in [0.1, 0.15) is 23.5 Å². The van der Waals surface area contributed by atoms with Crippen molar-refractivity contribution >= 4 is 40.1 Å². The summed E-state index contributed by atoms with van der Waals surface area (Å²) in [4.78, 5) is 23.0. The number of halogens is 2. The van der Waals surface area contributed by atoms with Crippen molar-refractivity contribution in [1.29, 1.82) is 0 Å². The van der Waals surface area contributed by atoms with Crippen LogP contribution in [-0.4, -0.2) is 59.3 Å². The van der Waals surface area contributed by atoms with Gasteiger partial charge in [-0.15, -0.1) is 0 Å². The normalized spacial score (nSPS) is 22.7. The number of anilines is 4. The lowest BCUT2D eigenvalue weighted by atomic mass is 9.91. The summed E-state index contributed by atoms with van der Waals surface area (Å²) in [7, 11) is 3.09. The van der Waals surface area contributed by atoms with Gasteiger partial charge in [-0.1, -0.05) is 6.07 Å². The number of fused-ring (bicyclic) bond motifs is 3. The fourth-order valence-corrected chi connectivity index (χ4v) is 5.57. The van der Waals surface area contributed by atoms with E-state index in [1.807, 2.05) is 36.4 Å². The van der Waals surface area contributed by atoms with E-state index in [-0.39, 0.29) is 17.8 Å². The number of amides is 1. The van der Waals surface area contributed by atoms with Gasteiger partial charge < -0.3 is 25.0 Å². The molecule has 1 saturated carbocycles. The predicted molar refractivity (Wildman–Crippen MR) is 136 cm³/mol. The molecule has 1 amide bonds. The van der Waals surface area contributed by atoms with Gasteiger partial charge in [0.2, 0.25) is 11.9 Å². The van der Waals surface area contributed by atoms with Gasteiger partial charge in [-0.25, -0.2) is 13.8 Å². The van der Waals surface area contributed by atoms with Gasteiger partial charge in [0.15, 0.2) is 17.4 Å². The number of alkyl halides is 2. The van der Waals surface area contributed by atoms with Crippen molar-refractivity contribution in [3.05, 3.63) is 53.7 Å². The topological polar surface area (TPSA) is 117 Å². The maximum atomic E-state index is 13.3. The van der Waals surface area contributed by atoms with E-state index in [1.165, 1.54) is 18.2 Å². The van der Waals surface area contributed by atoms with Crippen molar-refractivity contribution in [2.45, 2.75) is 23.7 Å². The van der Waals surface area contributed by atoms with Gasteiger partial charge in [-0.2, -0.15) is 10.1 Å². The van der Waals surface area contributed by atoms with E-state index in [0.29, 0.717) is 23.8 Å². The molecule has 38 heavy (non-hydrogen) atoms. The maximum Gasteiger partial charge on any atom is 0.282 e. The van der Waals surface area contributed by atoms with Crippen LogP contribution in [0.15, 0.2) is 42.6 Å². The molecule has 4 aromatic rings. The predicted octanol–water partition coefficient (Wildman–Crippen LogP) is 3.95. The number of H-pyrrole nitrogens is 1. The molecule has 10 nitrogen and oxygen atoms in total. The molecular weight excluding hydrogens is 496 g/mol. The van der Waals surface area contributed by atoms with Crippen LogP contribution in [0.4, 0.5) is 32.1 Å². The summed E-state index contributed by atoms with van der Waals surface area (Å²) in [6, 6.07) is 11.6. The van der Waals surface area contributed by atoms with Crippen LogP contribution in [0, 0.1) is 0 Å². The summed E-state index contributed by atoms with van der Waals surface area (Å²) < 4.78 is 37.4. The summed E-state index contributed by atoms with van der Waals surface area (Å²) in [6.45, 7) is -0.852. The molecule has 1 aliphatic carbocycles. The van der Waals surface area contributed by atoms with Gasteiger partial charge in [-0.3, -0.25) is 9.89 Å². The van der Waals surface area contributed by atoms with Crippen LogP contribution >= 0.6 is 0 Å². The lowest BCUT2D eigenvalue weighted by Crippen LogP contribution is -2.57. The van der Waals surface area contributed by atoms with E-state index in [1.54, 1.807) is 7.11 Å². The van der Waals surface area contributed by atoms with Crippen molar-refractivity contribution in [2.75, 3.05) is 42.8 Å². The Morgan fingerprint density at radius 3 is 2.71 bits per heavy atom. The number of methoxy groups -OCH3 is 2. The third-order valence-electron chi connectivity index (χ3n) is 7.64. The second-order valence-corrected chi connectivity index (χ2v) is 9.89. The number of nitrogens with one attached hydrogen (secondary N) is 3. The van der Waals surface area contributed by atoms with Crippen LogP contribution in [0.3, 0.4) is 0 Å². The quantitative estimate of drug-likeness (QED) is 0.351. The number of carbonyl (C=O) groups is 1. The lowest BCUT2D eigenvalue weighted by Gasteiger charge is -2.38. The molecule has 3 aliphatic rings. The van der Waals surface area contributed by atoms with Crippen LogP contribution in [0.5, 0.6) is 11.5 Å². The van der Waals surface area contributed by atoms with Crippen molar-refractivity contribution in [3.8, 4) is 11.5 Å². The summed E-state index contributed by atoms with van der Waals surface area (Å²) in [5, 5.41) is 14.4. The molecular formula is C26H23F2N7O3. The Morgan fingerprint density at radius 2 is 1.95 bits per heavy atom. The summed E-state index contributed by atoms with van der Waals surface area (Å²) in [5.74, 6) is -0.621. The number of carbonyl (C=O) groups excluding carboxylic acids is 1. The second kappa shape index (κ2) is 7.76. The Balaban J connectivity index is 1.17. The van der Waals surface area contributed by atoms with Crippen molar-refractivity contribution in [1.82, 2.24) is 20.2 Å². The molecule has 1 saturated heterocycles. The smallest absolute Gasteiger partial charge is 0.282 e. The molecule has 2 aliphatic heterocycles. The summed E-state index contributed by atoms with van der Waals surface area (Å²) >= 11 is 0. The largest absolute Gasteiger partial charge is 0.497 e. The van der Waals surface area contributed by atoms with Gasteiger partial charge in [0.25, 0.3) is 5.92 Å². The number of rotatable bonds is 6. The fraction of sp³-hybridized carbons (Fsp3) is 0.308. The molecule has 1 spiro atoms. The molecule has 3 N–H and O–H groups in total. The third-order valence-corrected chi connectivity index (χ3v) is 7.64. The number of aromatic nitrogens is 4. The van der Waals surface area contributed by atoms with Crippen molar-refractivity contribution in [2.24, 2.45) is 0 Å². The molecule has 12 heteroatoms. The third kappa shape index (κ3) is 3.29. The Morgan fingerprint density at radius 1 is 1.11 bits per heavy atom. The monoisotopic (exact) mass is 519 g/mol. The first-order valence-electron chi connectivity index (χ1n) is 12.1. The molecule has 4 heterocycles. The highest BCUT2D eigenvalue weighted by molar-refractivity contribution is 6.10. The minimum Gasteiger partial charge on any atom is -0.497 e. The zero-order valence-corrected chi connectivity index (χ0v) is 20.5. The van der Waals surface area contributed by atoms with Gasteiger partial charge in [0, 0.05) is 17.0 Å². The first-order valence-corrected chi connectivity index (χ1v) is 12.1. The standard InChI is InChI=1S/C26H23F2N7O3/c1-37-14-4-6-18-16(8-14)26(23(36)30-18)9-17(26)13-3-5-15-19(7-13)33-34-21(15)31-22-20(38-2)10-29-24(32-22)35-11-25(27,28)12-35/h3-8,10,17H,9,11-12H2,1-2H3,(H,30,36)(H2,29,31,32,33,34)/t17-,26-/m0/s1. The number of hydrogen-bond acceptors (Lipinski definition) is 8. The van der Waals surface area contributed by atoms with Gasteiger partial charge in [0.05, 0.1) is 44.4 Å². The van der Waals surface area contributed by atoms with Gasteiger partial charge in [-0.05, 0) is 47.9 Å². The number of nitrogens with zero attached hydrogens (tertiary/aromatic N) is 4. The molecule has 2 aromatic carbocycles. The lowest BCUT2D eigenvalue weighted by molar-refractivity contribution is -0.118. The Kier molecular flexibility index (Phi) is 4.64. The molecule has 194 valence electrons. The average Bonchev–Trinajstić information content (AvgIpc) is 3.45. The van der Waals surface area contributed by atoms with Crippen LogP contribution in [0.2, 0.25) is 0 Å². The molecule has 2 atom stereocenters. The van der Waals surface area contributed by atoms with Crippen LogP contribution in [0.25, 0.3) is 10.9 Å². The van der Waals surface area contributed by atoms with E-state index in [2.05, 4.69) is 30.8 Å². The number of benzene rings is 2. The summed E-state index contributed by atoms with van der Waals surface area (Å²) in [6.07, 6.45) is 2.15. The maximum absolute atomic E-state index is 13.3. The van der Waals surface area contributed by atoms with E-state index >= 15 is 0 Å². The van der Waals surface area contributed by atoms with Gasteiger partial charge >= 0.3 is 0 Å². The zero-order chi connectivity index (χ0) is 26.2. The zero-order valence-electron chi connectivity index (χ0n) is 20.5. The Hall–Kier alpha value is -4.48. The van der Waals surface area contributed by atoms with Crippen molar-refractivity contribution in [3.63, 3.8) is 0 Å². The minimum atomic E-state index is -2.74. The number of hydrogen-bond donors (Lipinski definition) is 3. The van der Waals surface area contributed by atoms with Crippen LogP contribution < -0.4 is 25.0 Å². The minimum absolute atomic E-state index is 0.00411. The van der Waals surface area contributed by atoms with E-state index in [9.17, 15) is 13.6 Å². The van der Waals surface area contributed by atoms with Gasteiger partial charge in [0.1, 0.15) is 5.75 Å². The number of aromatic amines is 1. The highest BCUT2D eigenvalue weighted by Gasteiger charge is 2.65. The summed E-state index contributed by atoms with van der Waals surface area (Å²) in [5.41, 5.74) is 3.00. The van der Waals surface area contributed by atoms with E-state index in [0.717, 1.165) is 33.5 Å². The average molecular weight is 520 g/mol. The fourth-order valence-electron chi connectivity index (χ4n) is 5.57. The highest BCUT2D eigenvalue weighted by Crippen LogP contribution is 2.65. The Bertz CT molecular complexity index is 1620. The molecule has 0 unspecified atom stereocenters. The van der Waals surface area contributed by atoms with Crippen LogP contribution in [-0.2, 0) is 10.2 Å². The second-order valence-electron chi connectivity index (χ2n) is 9.89. The molecule has 2 fully saturated rings. The molecule has 7 rings (SSSR count). The Labute approximate surface area is 215 Å². The molecule has 0 bridgehead atoms. The first kappa shape index (κ1) is 22.7.